The number of nitrogens with two attached hydrogens (primary N) is 1. The van der Waals surface area contributed by atoms with E-state index in [9.17, 15) is 13.2 Å². The van der Waals surface area contributed by atoms with E-state index < -0.39 is 12.2 Å². The van der Waals surface area contributed by atoms with E-state index in [0.29, 0.717) is 5.69 Å². The first kappa shape index (κ1) is 10.0. The van der Waals surface area contributed by atoms with Crippen LogP contribution < -0.4 is 5.73 Å². The molecule has 0 radical (unpaired) electrons. The average Bonchev–Trinajstić information content (AvgIpc) is 2.26. The first-order valence-electron chi connectivity index (χ1n) is 3.65. The lowest BCUT2D eigenvalue weighted by atomic mass is 10.1. The molecule has 1 rings (SSSR count). The summed E-state index contributed by atoms with van der Waals surface area (Å²) in [6, 6.07) is -1.94. The minimum absolute atomic E-state index is 0.0231. The van der Waals surface area contributed by atoms with Gasteiger partial charge in [0.15, 0.2) is 0 Å². The number of aryl methyl sites for hydroxylation is 2. The maximum atomic E-state index is 12.2. The van der Waals surface area contributed by atoms with Crippen LogP contribution in [0.5, 0.6) is 0 Å². The molecule has 1 heterocycles. The molecule has 13 heavy (non-hydrogen) atoms. The van der Waals surface area contributed by atoms with Gasteiger partial charge >= 0.3 is 6.18 Å². The van der Waals surface area contributed by atoms with Crippen LogP contribution in [0.3, 0.4) is 0 Å². The average molecular weight is 193 g/mol. The quantitative estimate of drug-likeness (QED) is 0.730. The van der Waals surface area contributed by atoms with Crippen LogP contribution in [0.15, 0.2) is 6.20 Å². The molecule has 1 atom stereocenters. The van der Waals surface area contributed by atoms with Crippen LogP contribution in [-0.4, -0.2) is 16.0 Å². The van der Waals surface area contributed by atoms with Crippen LogP contribution in [0.4, 0.5) is 13.2 Å². The van der Waals surface area contributed by atoms with E-state index in [1.165, 1.54) is 17.8 Å². The third-order valence-corrected chi connectivity index (χ3v) is 1.74. The van der Waals surface area contributed by atoms with E-state index >= 15 is 0 Å². The summed E-state index contributed by atoms with van der Waals surface area (Å²) in [5, 5.41) is 3.78. The number of hydrogen-bond acceptors (Lipinski definition) is 2. The Morgan fingerprint density at radius 2 is 2.08 bits per heavy atom. The smallest absolute Gasteiger partial charge is 0.316 e. The van der Waals surface area contributed by atoms with Gasteiger partial charge in [-0.3, -0.25) is 4.68 Å². The zero-order chi connectivity index (χ0) is 10.2. The van der Waals surface area contributed by atoms with Crippen LogP contribution in [0.25, 0.3) is 0 Å². The number of alkyl halides is 3. The molecule has 3 nitrogen and oxygen atoms in total. The summed E-state index contributed by atoms with van der Waals surface area (Å²) in [4.78, 5) is 0. The molecule has 0 amide bonds. The van der Waals surface area contributed by atoms with Gasteiger partial charge in [-0.2, -0.15) is 18.3 Å². The zero-order valence-electron chi connectivity index (χ0n) is 7.26. The topological polar surface area (TPSA) is 43.8 Å². The number of rotatable bonds is 1. The molecule has 6 heteroatoms. The lowest BCUT2D eigenvalue weighted by molar-refractivity contribution is -0.149. The SMILES string of the molecule is Cc1nn(C)cc1[C@@H](N)C(F)(F)F. The van der Waals surface area contributed by atoms with Crippen LogP contribution in [0.2, 0.25) is 0 Å². The molecule has 1 aromatic heterocycles. The fourth-order valence-corrected chi connectivity index (χ4v) is 1.10. The molecule has 0 saturated carbocycles. The van der Waals surface area contributed by atoms with Gasteiger partial charge in [0, 0.05) is 18.8 Å². The van der Waals surface area contributed by atoms with Crippen LogP contribution >= 0.6 is 0 Å². The summed E-state index contributed by atoms with van der Waals surface area (Å²) in [5.41, 5.74) is 5.34. The van der Waals surface area contributed by atoms with Crippen LogP contribution in [-0.2, 0) is 7.05 Å². The maximum absolute atomic E-state index is 12.2. The molecular formula is C7H10F3N3. The Kier molecular flexibility index (Phi) is 2.34. The Labute approximate surface area is 73.3 Å². The van der Waals surface area contributed by atoms with Crippen molar-refractivity contribution in [3.05, 3.63) is 17.5 Å². The maximum Gasteiger partial charge on any atom is 0.407 e. The Morgan fingerprint density at radius 3 is 2.38 bits per heavy atom. The summed E-state index contributed by atoms with van der Waals surface area (Å²) in [6.07, 6.45) is -3.12. The molecule has 0 aliphatic rings. The highest BCUT2D eigenvalue weighted by atomic mass is 19.4. The van der Waals surface area contributed by atoms with Crippen molar-refractivity contribution in [2.45, 2.75) is 19.1 Å². The minimum Gasteiger partial charge on any atom is -0.316 e. The summed E-state index contributed by atoms with van der Waals surface area (Å²) >= 11 is 0. The first-order chi connectivity index (χ1) is 5.82. The first-order valence-corrected chi connectivity index (χ1v) is 3.65. The van der Waals surface area contributed by atoms with E-state index in [1.807, 2.05) is 0 Å². The summed E-state index contributed by atoms with van der Waals surface area (Å²) < 4.78 is 37.8. The molecule has 0 spiro atoms. The molecule has 74 valence electrons. The normalized spacial score (nSPS) is 14.6. The molecule has 0 fully saturated rings. The lowest BCUT2D eigenvalue weighted by Gasteiger charge is -2.14. The largest absolute Gasteiger partial charge is 0.407 e. The van der Waals surface area contributed by atoms with E-state index in [-0.39, 0.29) is 5.56 Å². The Balaban J connectivity index is 3.01. The van der Waals surface area contributed by atoms with Gasteiger partial charge in [0.2, 0.25) is 0 Å². The van der Waals surface area contributed by atoms with Gasteiger partial charge in [-0.15, -0.1) is 0 Å². The second-order valence-electron chi connectivity index (χ2n) is 2.86. The standard InChI is InChI=1S/C7H10F3N3/c1-4-5(3-13(2)12-4)6(11)7(8,9)10/h3,6H,11H2,1-2H3/t6-/m1/s1. The van der Waals surface area contributed by atoms with Gasteiger partial charge in [0.25, 0.3) is 0 Å². The number of hydrogen-bond donors (Lipinski definition) is 1. The predicted octanol–water partition coefficient (Wildman–Crippen LogP) is 1.29. The fraction of sp³-hybridized carbons (Fsp3) is 0.571. The van der Waals surface area contributed by atoms with E-state index in [4.69, 9.17) is 5.73 Å². The van der Waals surface area contributed by atoms with Gasteiger partial charge in [-0.25, -0.2) is 0 Å². The molecule has 0 saturated heterocycles. The van der Waals surface area contributed by atoms with Crippen molar-refractivity contribution in [2.24, 2.45) is 12.8 Å². The van der Waals surface area contributed by atoms with Gasteiger partial charge < -0.3 is 5.73 Å². The van der Waals surface area contributed by atoms with Crippen molar-refractivity contribution in [1.82, 2.24) is 9.78 Å². The van der Waals surface area contributed by atoms with E-state index in [0.717, 1.165) is 0 Å². The lowest BCUT2D eigenvalue weighted by Crippen LogP contribution is -2.28. The van der Waals surface area contributed by atoms with Crippen LogP contribution in [0.1, 0.15) is 17.3 Å². The molecule has 0 aliphatic heterocycles. The number of halogens is 3. The summed E-state index contributed by atoms with van der Waals surface area (Å²) in [6.45, 7) is 1.50. The highest BCUT2D eigenvalue weighted by molar-refractivity contribution is 5.20. The third-order valence-electron chi connectivity index (χ3n) is 1.74. The monoisotopic (exact) mass is 193 g/mol. The number of nitrogens with zero attached hydrogens (tertiary/aromatic N) is 2. The molecule has 1 aromatic rings. The molecule has 0 unspecified atom stereocenters. The van der Waals surface area contributed by atoms with Crippen molar-refractivity contribution < 1.29 is 13.2 Å². The molecule has 2 N–H and O–H groups in total. The van der Waals surface area contributed by atoms with E-state index in [2.05, 4.69) is 5.10 Å². The number of aromatic nitrogens is 2. The Bertz CT molecular complexity index is 302. The van der Waals surface area contributed by atoms with Crippen molar-refractivity contribution in [1.29, 1.82) is 0 Å². The van der Waals surface area contributed by atoms with Crippen molar-refractivity contribution in [2.75, 3.05) is 0 Å². The molecule has 0 aliphatic carbocycles. The van der Waals surface area contributed by atoms with Gasteiger partial charge in [0.1, 0.15) is 6.04 Å². The van der Waals surface area contributed by atoms with Gasteiger partial charge in [-0.05, 0) is 6.92 Å². The summed E-state index contributed by atoms with van der Waals surface area (Å²) in [5.74, 6) is 0. The third kappa shape index (κ3) is 2.00. The summed E-state index contributed by atoms with van der Waals surface area (Å²) in [7, 11) is 1.56. The second kappa shape index (κ2) is 3.02. The zero-order valence-corrected chi connectivity index (χ0v) is 7.26. The molecule has 0 bridgehead atoms. The van der Waals surface area contributed by atoms with Crippen molar-refractivity contribution in [3.8, 4) is 0 Å². The predicted molar refractivity (Wildman–Crippen MR) is 40.9 cm³/mol. The second-order valence-corrected chi connectivity index (χ2v) is 2.86. The van der Waals surface area contributed by atoms with Crippen molar-refractivity contribution in [3.63, 3.8) is 0 Å². The molecule has 0 aromatic carbocycles. The highest BCUT2D eigenvalue weighted by Crippen LogP contribution is 2.31. The Morgan fingerprint density at radius 1 is 1.54 bits per heavy atom. The van der Waals surface area contributed by atoms with E-state index in [1.54, 1.807) is 7.05 Å². The van der Waals surface area contributed by atoms with Crippen molar-refractivity contribution >= 4 is 0 Å². The highest BCUT2D eigenvalue weighted by Gasteiger charge is 2.39. The fourth-order valence-electron chi connectivity index (χ4n) is 1.10. The minimum atomic E-state index is -4.41. The Hall–Kier alpha value is -1.04. The van der Waals surface area contributed by atoms with Crippen LogP contribution in [0, 0.1) is 6.92 Å². The molecular weight excluding hydrogens is 183 g/mol. The van der Waals surface area contributed by atoms with Gasteiger partial charge in [0.05, 0.1) is 5.69 Å². The van der Waals surface area contributed by atoms with Gasteiger partial charge in [-0.1, -0.05) is 0 Å².